The lowest BCUT2D eigenvalue weighted by atomic mass is 10.0. The van der Waals surface area contributed by atoms with Gasteiger partial charge in [-0.15, -0.1) is 0 Å². The Bertz CT molecular complexity index is 577. The summed E-state index contributed by atoms with van der Waals surface area (Å²) >= 11 is 6.01. The molecule has 1 aliphatic rings. The molecule has 1 atom stereocenters. The maximum atomic E-state index is 12.2. The molecular formula is C19H30ClN3O3. The van der Waals surface area contributed by atoms with Gasteiger partial charge in [0.1, 0.15) is 5.75 Å². The Balaban J connectivity index is 1.76. The number of rotatable bonds is 9. The molecule has 0 spiro atoms. The third-order valence-corrected chi connectivity index (χ3v) is 4.86. The van der Waals surface area contributed by atoms with E-state index in [1.54, 1.807) is 25.3 Å². The fourth-order valence-electron chi connectivity index (χ4n) is 3.13. The van der Waals surface area contributed by atoms with Gasteiger partial charge in [0, 0.05) is 43.7 Å². The molecule has 2 N–H and O–H groups in total. The van der Waals surface area contributed by atoms with E-state index in [1.807, 2.05) is 0 Å². The highest BCUT2D eigenvalue weighted by molar-refractivity contribution is 6.30. The predicted octanol–water partition coefficient (Wildman–Crippen LogP) is 2.62. The number of methoxy groups -OCH3 is 1. The van der Waals surface area contributed by atoms with Gasteiger partial charge in [0.2, 0.25) is 5.91 Å². The van der Waals surface area contributed by atoms with Gasteiger partial charge in [0.05, 0.1) is 26.0 Å². The van der Waals surface area contributed by atoms with Crippen LogP contribution in [0.15, 0.2) is 18.2 Å². The molecule has 6 nitrogen and oxygen atoms in total. The summed E-state index contributed by atoms with van der Waals surface area (Å²) in [5.41, 5.74) is 0.793. The summed E-state index contributed by atoms with van der Waals surface area (Å²) in [6, 6.07) is 5.71. The lowest BCUT2D eigenvalue weighted by Gasteiger charge is -2.36. The van der Waals surface area contributed by atoms with E-state index >= 15 is 0 Å². The molecule has 1 unspecified atom stereocenters. The van der Waals surface area contributed by atoms with Gasteiger partial charge in [-0.2, -0.15) is 0 Å². The van der Waals surface area contributed by atoms with Crippen LogP contribution >= 0.6 is 11.6 Å². The standard InChI is InChI=1S/C19H30ClN3O3/c1-14(2)17(23-8-10-26-11-9-23)13-22-19(24)6-7-21-16-12-15(20)4-5-18(16)25-3/h4-5,12,14,17,21H,6-11,13H2,1-3H3,(H,22,24). The Morgan fingerprint density at radius 3 is 2.73 bits per heavy atom. The monoisotopic (exact) mass is 383 g/mol. The molecule has 1 fully saturated rings. The zero-order valence-electron chi connectivity index (χ0n) is 15.9. The van der Waals surface area contributed by atoms with Crippen LogP contribution in [0.25, 0.3) is 0 Å². The number of hydrogen-bond donors (Lipinski definition) is 2. The maximum absolute atomic E-state index is 12.2. The van der Waals surface area contributed by atoms with Gasteiger partial charge >= 0.3 is 0 Å². The summed E-state index contributed by atoms with van der Waals surface area (Å²) in [5.74, 6) is 1.22. The smallest absolute Gasteiger partial charge is 0.221 e. The Morgan fingerprint density at radius 1 is 1.35 bits per heavy atom. The number of ether oxygens (including phenoxy) is 2. The minimum atomic E-state index is 0.0393. The number of anilines is 1. The van der Waals surface area contributed by atoms with Gasteiger partial charge in [-0.05, 0) is 24.1 Å². The second-order valence-electron chi connectivity index (χ2n) is 6.79. The van der Waals surface area contributed by atoms with Gasteiger partial charge in [-0.3, -0.25) is 9.69 Å². The zero-order chi connectivity index (χ0) is 18.9. The first-order valence-electron chi connectivity index (χ1n) is 9.17. The van der Waals surface area contributed by atoms with Crippen molar-refractivity contribution in [3.05, 3.63) is 23.2 Å². The number of hydrogen-bond acceptors (Lipinski definition) is 5. The highest BCUT2D eigenvalue weighted by Crippen LogP contribution is 2.27. The first kappa shape index (κ1) is 20.8. The first-order chi connectivity index (χ1) is 12.5. The molecule has 0 aromatic heterocycles. The minimum Gasteiger partial charge on any atom is -0.495 e. The van der Waals surface area contributed by atoms with E-state index in [2.05, 4.69) is 29.4 Å². The fourth-order valence-corrected chi connectivity index (χ4v) is 3.30. The molecule has 1 aromatic carbocycles. The van der Waals surface area contributed by atoms with Gasteiger partial charge in [0.25, 0.3) is 0 Å². The van der Waals surface area contributed by atoms with Crippen LogP contribution in [-0.4, -0.2) is 63.4 Å². The molecule has 1 aromatic rings. The molecular weight excluding hydrogens is 354 g/mol. The predicted molar refractivity (Wildman–Crippen MR) is 105 cm³/mol. The Morgan fingerprint density at radius 2 is 2.08 bits per heavy atom. The summed E-state index contributed by atoms with van der Waals surface area (Å²) in [6.07, 6.45) is 0.392. The minimum absolute atomic E-state index is 0.0393. The molecule has 1 saturated heterocycles. The number of nitrogens with zero attached hydrogens (tertiary/aromatic N) is 1. The average Bonchev–Trinajstić information content (AvgIpc) is 2.63. The third kappa shape index (κ3) is 6.34. The average molecular weight is 384 g/mol. The van der Waals surface area contributed by atoms with Crippen molar-refractivity contribution in [2.75, 3.05) is 51.8 Å². The highest BCUT2D eigenvalue weighted by atomic mass is 35.5. The second-order valence-corrected chi connectivity index (χ2v) is 7.22. The van der Waals surface area contributed by atoms with Crippen molar-refractivity contribution in [1.82, 2.24) is 10.2 Å². The van der Waals surface area contributed by atoms with Crippen LogP contribution < -0.4 is 15.4 Å². The Hall–Kier alpha value is -1.50. The van der Waals surface area contributed by atoms with Gasteiger partial charge < -0.3 is 20.1 Å². The Kier molecular flexibility index (Phi) is 8.48. The van der Waals surface area contributed by atoms with Crippen molar-refractivity contribution in [2.24, 2.45) is 5.92 Å². The molecule has 0 bridgehead atoms. The van der Waals surface area contributed by atoms with Crippen LogP contribution in [0.4, 0.5) is 5.69 Å². The summed E-state index contributed by atoms with van der Waals surface area (Å²) < 4.78 is 10.7. The van der Waals surface area contributed by atoms with Crippen molar-refractivity contribution in [3.63, 3.8) is 0 Å². The normalized spacial score (nSPS) is 16.3. The molecule has 26 heavy (non-hydrogen) atoms. The van der Waals surface area contributed by atoms with Crippen LogP contribution in [0.5, 0.6) is 5.75 Å². The van der Waals surface area contributed by atoms with Crippen LogP contribution in [0.2, 0.25) is 5.02 Å². The highest BCUT2D eigenvalue weighted by Gasteiger charge is 2.24. The van der Waals surface area contributed by atoms with Crippen LogP contribution in [-0.2, 0) is 9.53 Å². The number of benzene rings is 1. The topological polar surface area (TPSA) is 62.8 Å². The molecule has 2 rings (SSSR count). The Labute approximate surface area is 161 Å². The SMILES string of the molecule is COc1ccc(Cl)cc1NCCC(=O)NCC(C(C)C)N1CCOCC1. The lowest BCUT2D eigenvalue weighted by molar-refractivity contribution is -0.121. The molecule has 0 saturated carbocycles. The quantitative estimate of drug-likeness (QED) is 0.686. The largest absolute Gasteiger partial charge is 0.495 e. The van der Waals surface area contributed by atoms with Crippen LogP contribution in [0.3, 0.4) is 0 Å². The number of morpholine rings is 1. The molecule has 7 heteroatoms. The molecule has 1 aliphatic heterocycles. The number of carbonyl (C=O) groups excluding carboxylic acids is 1. The van der Waals surface area contributed by atoms with Crippen molar-refractivity contribution in [2.45, 2.75) is 26.3 Å². The van der Waals surface area contributed by atoms with E-state index in [9.17, 15) is 4.79 Å². The molecule has 1 amide bonds. The zero-order valence-corrected chi connectivity index (χ0v) is 16.6. The summed E-state index contributed by atoms with van der Waals surface area (Å²) in [7, 11) is 1.61. The van der Waals surface area contributed by atoms with E-state index in [1.165, 1.54) is 0 Å². The summed E-state index contributed by atoms with van der Waals surface area (Å²) in [4.78, 5) is 14.6. The van der Waals surface area contributed by atoms with E-state index in [-0.39, 0.29) is 5.91 Å². The molecule has 0 aliphatic carbocycles. The third-order valence-electron chi connectivity index (χ3n) is 4.62. The molecule has 1 heterocycles. The van der Waals surface area contributed by atoms with E-state index in [0.717, 1.165) is 32.0 Å². The fraction of sp³-hybridized carbons (Fsp3) is 0.632. The van der Waals surface area contributed by atoms with Crippen molar-refractivity contribution in [1.29, 1.82) is 0 Å². The van der Waals surface area contributed by atoms with E-state index in [4.69, 9.17) is 21.1 Å². The van der Waals surface area contributed by atoms with Crippen LogP contribution in [0, 0.1) is 5.92 Å². The lowest BCUT2D eigenvalue weighted by Crippen LogP contribution is -2.51. The van der Waals surface area contributed by atoms with Gasteiger partial charge in [-0.25, -0.2) is 0 Å². The first-order valence-corrected chi connectivity index (χ1v) is 9.55. The molecule has 0 radical (unpaired) electrons. The van der Waals surface area contributed by atoms with Crippen molar-refractivity contribution in [3.8, 4) is 5.75 Å². The number of amides is 1. The van der Waals surface area contributed by atoms with Gasteiger partial charge in [-0.1, -0.05) is 25.4 Å². The van der Waals surface area contributed by atoms with E-state index < -0.39 is 0 Å². The van der Waals surface area contributed by atoms with Crippen LogP contribution in [0.1, 0.15) is 20.3 Å². The van der Waals surface area contributed by atoms with E-state index in [0.29, 0.717) is 42.2 Å². The van der Waals surface area contributed by atoms with Crippen molar-refractivity contribution < 1.29 is 14.3 Å². The summed E-state index contributed by atoms with van der Waals surface area (Å²) in [5, 5.41) is 6.91. The number of nitrogens with one attached hydrogen (secondary N) is 2. The maximum Gasteiger partial charge on any atom is 0.221 e. The van der Waals surface area contributed by atoms with Gasteiger partial charge in [0.15, 0.2) is 0 Å². The number of carbonyl (C=O) groups is 1. The van der Waals surface area contributed by atoms with Crippen molar-refractivity contribution >= 4 is 23.2 Å². The molecule has 146 valence electrons. The number of halogens is 1. The summed E-state index contributed by atoms with van der Waals surface area (Å²) in [6.45, 7) is 8.96. The second kappa shape index (κ2) is 10.6.